The molecular weight excluding hydrogens is 419 g/mol. The van der Waals surface area contributed by atoms with Gasteiger partial charge in [0.25, 0.3) is 0 Å². The third-order valence-corrected chi connectivity index (χ3v) is 6.41. The van der Waals surface area contributed by atoms with Crippen molar-refractivity contribution >= 4 is 0 Å². The van der Waals surface area contributed by atoms with Crippen LogP contribution < -0.4 is 0 Å². The lowest BCUT2D eigenvalue weighted by molar-refractivity contribution is -0.0685. The number of halogens is 1. The molecule has 0 amide bonds. The molecule has 0 aromatic rings. The lowest BCUT2D eigenvalue weighted by atomic mass is 9.76. The van der Waals surface area contributed by atoms with Gasteiger partial charge in [-0.2, -0.15) is 5.26 Å². The van der Waals surface area contributed by atoms with E-state index in [2.05, 4.69) is 31.4 Å². The van der Waals surface area contributed by atoms with E-state index in [1.54, 1.807) is 18.9 Å². The van der Waals surface area contributed by atoms with E-state index < -0.39 is 18.5 Å². The Bertz CT molecular complexity index is 848. The zero-order valence-corrected chi connectivity index (χ0v) is 20.6. The molecule has 0 bridgehead atoms. The second kappa shape index (κ2) is 12.8. The number of piperidine rings is 1. The van der Waals surface area contributed by atoms with Gasteiger partial charge in [0.1, 0.15) is 18.5 Å². The van der Waals surface area contributed by atoms with Crippen LogP contribution in [0.25, 0.3) is 0 Å². The maximum atomic E-state index is 14.6. The number of hydrogen-bond donors (Lipinski definition) is 1. The number of allylic oxidation sites excluding steroid dienone is 5. The lowest BCUT2D eigenvalue weighted by Gasteiger charge is -2.36. The molecule has 4 atom stereocenters. The van der Waals surface area contributed by atoms with Gasteiger partial charge in [-0.25, -0.2) is 4.39 Å². The Labute approximate surface area is 198 Å². The maximum Gasteiger partial charge on any atom is 0.161 e. The predicted molar refractivity (Wildman–Crippen MR) is 129 cm³/mol. The highest BCUT2D eigenvalue weighted by molar-refractivity contribution is 5.33. The Kier molecular flexibility index (Phi) is 10.4. The van der Waals surface area contributed by atoms with E-state index in [0.717, 1.165) is 29.7 Å². The zero-order chi connectivity index (χ0) is 24.4. The summed E-state index contributed by atoms with van der Waals surface area (Å²) in [5, 5.41) is 19.2. The monoisotopic (exact) mass is 458 g/mol. The first-order valence-electron chi connectivity index (χ1n) is 11.9. The molecule has 182 valence electrons. The van der Waals surface area contributed by atoms with Gasteiger partial charge in [-0.3, -0.25) is 4.90 Å². The molecule has 0 saturated carbocycles. The Morgan fingerprint density at radius 1 is 1.55 bits per heavy atom. The van der Waals surface area contributed by atoms with Gasteiger partial charge in [0, 0.05) is 37.9 Å². The fourth-order valence-corrected chi connectivity index (χ4v) is 4.28. The SMILES string of the molecule is C=C(CC(C)(CC#N)C/C=C(\CC)OC1CCN(C(C)O)C[C@@H]1F)C1=C=C(OC)C=CCC1. The van der Waals surface area contributed by atoms with E-state index in [0.29, 0.717) is 44.4 Å². The van der Waals surface area contributed by atoms with Crippen LogP contribution in [0.15, 0.2) is 53.2 Å². The van der Waals surface area contributed by atoms with Gasteiger partial charge >= 0.3 is 0 Å². The molecule has 6 heteroatoms. The van der Waals surface area contributed by atoms with E-state index >= 15 is 0 Å². The van der Waals surface area contributed by atoms with Crippen LogP contribution in [0.4, 0.5) is 4.39 Å². The Hall–Kier alpha value is -2.32. The molecule has 1 aliphatic heterocycles. The van der Waals surface area contributed by atoms with E-state index in [1.807, 2.05) is 19.1 Å². The first-order chi connectivity index (χ1) is 15.7. The Balaban J connectivity index is 2.08. The van der Waals surface area contributed by atoms with Crippen LogP contribution in [-0.2, 0) is 9.47 Å². The minimum absolute atomic E-state index is 0.173. The summed E-state index contributed by atoms with van der Waals surface area (Å²) in [4.78, 5) is 1.72. The van der Waals surface area contributed by atoms with E-state index in [1.165, 1.54) is 0 Å². The van der Waals surface area contributed by atoms with Crippen molar-refractivity contribution in [2.45, 2.75) is 84.2 Å². The summed E-state index contributed by atoms with van der Waals surface area (Å²) in [6, 6.07) is 2.32. The number of nitrogens with zero attached hydrogens (tertiary/aromatic N) is 2. The summed E-state index contributed by atoms with van der Waals surface area (Å²) in [5.41, 5.74) is 4.99. The second-order valence-electron chi connectivity index (χ2n) is 9.35. The molecule has 33 heavy (non-hydrogen) atoms. The fraction of sp³-hybridized carbons (Fsp3) is 0.630. The largest absolute Gasteiger partial charge is 0.492 e. The molecule has 0 radical (unpaired) electrons. The standard InChI is InChI=1S/C27H39FN2O3/c1-6-23(33-26-12-16-30(21(3)31)19-25(26)28)11-13-27(4,14-15-29)18-20(2)22-9-7-8-10-24(17-22)32-5/h8,10-11,21,25-26,31H,2,6-7,9,12-14,16,18-19H2,1,3-5H3/b23-11+/t21?,25-,26?,27?/m0/s1. The topological polar surface area (TPSA) is 65.7 Å². The third kappa shape index (κ3) is 8.19. The number of alkyl halides is 1. The first-order valence-corrected chi connectivity index (χ1v) is 11.9. The van der Waals surface area contributed by atoms with Crippen molar-refractivity contribution in [3.8, 4) is 6.07 Å². The summed E-state index contributed by atoms with van der Waals surface area (Å²) in [7, 11) is 1.63. The van der Waals surface area contributed by atoms with Gasteiger partial charge in [0.15, 0.2) is 5.76 Å². The number of nitriles is 1. The van der Waals surface area contributed by atoms with Crippen molar-refractivity contribution in [2.24, 2.45) is 5.41 Å². The molecule has 0 aromatic heterocycles. The number of aliphatic hydroxyl groups is 1. The van der Waals surface area contributed by atoms with Crippen LogP contribution in [0.2, 0.25) is 0 Å². The van der Waals surface area contributed by atoms with Crippen LogP contribution in [0.1, 0.15) is 65.7 Å². The van der Waals surface area contributed by atoms with Crippen molar-refractivity contribution < 1.29 is 19.0 Å². The van der Waals surface area contributed by atoms with Crippen LogP contribution >= 0.6 is 0 Å². The highest BCUT2D eigenvalue weighted by atomic mass is 19.1. The average Bonchev–Trinajstić information content (AvgIpc) is 3.03. The highest BCUT2D eigenvalue weighted by Crippen LogP contribution is 2.37. The third-order valence-electron chi connectivity index (χ3n) is 6.41. The highest BCUT2D eigenvalue weighted by Gasteiger charge is 2.33. The van der Waals surface area contributed by atoms with E-state index in [4.69, 9.17) is 9.47 Å². The number of hydrogen-bond acceptors (Lipinski definition) is 5. The van der Waals surface area contributed by atoms with Gasteiger partial charge in [-0.15, -0.1) is 0 Å². The smallest absolute Gasteiger partial charge is 0.161 e. The molecule has 0 aromatic carbocycles. The predicted octanol–water partition coefficient (Wildman–Crippen LogP) is 5.71. The molecule has 5 nitrogen and oxygen atoms in total. The van der Waals surface area contributed by atoms with Crippen molar-refractivity contribution in [3.63, 3.8) is 0 Å². The van der Waals surface area contributed by atoms with Gasteiger partial charge in [-0.1, -0.05) is 32.2 Å². The Morgan fingerprint density at radius 3 is 2.91 bits per heavy atom. The molecule has 0 spiro atoms. The van der Waals surface area contributed by atoms with Crippen LogP contribution in [0.5, 0.6) is 0 Å². The van der Waals surface area contributed by atoms with Crippen molar-refractivity contribution in [1.29, 1.82) is 5.26 Å². The van der Waals surface area contributed by atoms with Gasteiger partial charge in [0.05, 0.1) is 18.9 Å². The minimum Gasteiger partial charge on any atom is -0.492 e. The number of aliphatic hydroxyl groups excluding tert-OH is 1. The molecule has 2 rings (SSSR count). The summed E-state index contributed by atoms with van der Waals surface area (Å²) >= 11 is 0. The molecule has 1 fully saturated rings. The molecule has 3 unspecified atom stereocenters. The number of likely N-dealkylation sites (tertiary alicyclic amines) is 1. The van der Waals surface area contributed by atoms with E-state index in [9.17, 15) is 14.8 Å². The van der Waals surface area contributed by atoms with Crippen LogP contribution in [-0.4, -0.2) is 48.7 Å². The fourth-order valence-electron chi connectivity index (χ4n) is 4.28. The van der Waals surface area contributed by atoms with Crippen molar-refractivity contribution in [2.75, 3.05) is 20.2 Å². The lowest BCUT2D eigenvalue weighted by Crippen LogP contribution is -2.48. The first kappa shape index (κ1) is 26.9. The Morgan fingerprint density at radius 2 is 2.30 bits per heavy atom. The molecular formula is C27H39FN2O3. The average molecular weight is 459 g/mol. The van der Waals surface area contributed by atoms with Crippen LogP contribution in [0.3, 0.4) is 0 Å². The van der Waals surface area contributed by atoms with Gasteiger partial charge in [-0.05, 0) is 55.7 Å². The van der Waals surface area contributed by atoms with E-state index in [-0.39, 0.29) is 12.0 Å². The minimum atomic E-state index is -1.15. The van der Waals surface area contributed by atoms with Gasteiger partial charge in [0.2, 0.25) is 0 Å². The normalized spacial score (nSPS) is 24.6. The molecule has 1 N–H and O–H groups in total. The zero-order valence-electron chi connectivity index (χ0n) is 20.6. The summed E-state index contributed by atoms with van der Waals surface area (Å²) < 4.78 is 26.0. The molecule has 1 aliphatic carbocycles. The number of rotatable bonds is 11. The summed E-state index contributed by atoms with van der Waals surface area (Å²) in [6.45, 7) is 10.8. The maximum absolute atomic E-state index is 14.6. The molecule has 1 saturated heterocycles. The summed E-state index contributed by atoms with van der Waals surface area (Å²) in [5.74, 6) is 1.44. The number of ether oxygens (including phenoxy) is 2. The van der Waals surface area contributed by atoms with Gasteiger partial charge < -0.3 is 14.6 Å². The number of methoxy groups -OCH3 is 1. The molecule has 1 heterocycles. The second-order valence-corrected chi connectivity index (χ2v) is 9.35. The summed E-state index contributed by atoms with van der Waals surface area (Å²) in [6.07, 6.45) is 8.30. The quantitative estimate of drug-likeness (QED) is 0.317. The molecule has 2 aliphatic rings. The van der Waals surface area contributed by atoms with Crippen molar-refractivity contribution in [3.05, 3.63) is 53.2 Å². The van der Waals surface area contributed by atoms with Crippen molar-refractivity contribution in [1.82, 2.24) is 4.90 Å². The van der Waals surface area contributed by atoms with Crippen LogP contribution in [0, 0.1) is 16.7 Å².